The Morgan fingerprint density at radius 2 is 1.58 bits per heavy atom. The van der Waals surface area contributed by atoms with Crippen molar-refractivity contribution < 1.29 is 4.79 Å². The van der Waals surface area contributed by atoms with E-state index in [9.17, 15) is 4.79 Å². The second-order valence-corrected chi connectivity index (χ2v) is 7.68. The number of carbonyl (C=O) groups excluding carboxylic acids is 1. The minimum Gasteiger partial charge on any atom is -0.339 e. The predicted molar refractivity (Wildman–Crippen MR) is 108 cm³/mol. The molecule has 3 nitrogen and oxygen atoms in total. The van der Waals surface area contributed by atoms with Gasteiger partial charge >= 0.3 is 0 Å². The predicted octanol–water partition coefficient (Wildman–Crippen LogP) is 5.78. The summed E-state index contributed by atoms with van der Waals surface area (Å²) in [5.41, 5.74) is 3.62. The maximum atomic E-state index is 13.4. The number of hydrogen-bond acceptors (Lipinski definition) is 1. The van der Waals surface area contributed by atoms with Crippen molar-refractivity contribution >= 4 is 40.0 Å². The highest BCUT2D eigenvalue weighted by molar-refractivity contribution is 6.32. The third kappa shape index (κ3) is 3.00. The van der Waals surface area contributed by atoms with Crippen LogP contribution in [0, 0.1) is 0 Å². The van der Waals surface area contributed by atoms with Crippen LogP contribution in [0.4, 0.5) is 0 Å². The molecule has 0 bridgehead atoms. The molecule has 1 aromatic heterocycles. The van der Waals surface area contributed by atoms with E-state index < -0.39 is 0 Å². The van der Waals surface area contributed by atoms with Gasteiger partial charge < -0.3 is 9.47 Å². The molecule has 1 fully saturated rings. The van der Waals surface area contributed by atoms with Gasteiger partial charge in [-0.1, -0.05) is 35.3 Å². The lowest BCUT2D eigenvalue weighted by molar-refractivity contribution is 0.0716. The molecule has 26 heavy (non-hydrogen) atoms. The molecule has 1 aliphatic heterocycles. The van der Waals surface area contributed by atoms with Crippen LogP contribution in [0.3, 0.4) is 0 Å². The maximum absolute atomic E-state index is 13.4. The van der Waals surface area contributed by atoms with E-state index in [2.05, 4.69) is 0 Å². The van der Waals surface area contributed by atoms with Crippen LogP contribution in [-0.2, 0) is 7.05 Å². The quantitative estimate of drug-likeness (QED) is 0.547. The van der Waals surface area contributed by atoms with Crippen LogP contribution in [0.1, 0.15) is 29.8 Å². The molecule has 0 saturated carbocycles. The fraction of sp³-hybridized carbons (Fsp3) is 0.286. The lowest BCUT2D eigenvalue weighted by Crippen LogP contribution is -2.36. The molecule has 5 heteroatoms. The minimum absolute atomic E-state index is 0.0875. The Hall–Kier alpha value is -1.97. The Labute approximate surface area is 163 Å². The summed E-state index contributed by atoms with van der Waals surface area (Å²) in [6, 6.07) is 13.4. The fourth-order valence-electron chi connectivity index (χ4n) is 3.82. The zero-order chi connectivity index (χ0) is 18.3. The van der Waals surface area contributed by atoms with Crippen LogP contribution in [-0.4, -0.2) is 28.5 Å². The zero-order valence-electron chi connectivity index (χ0n) is 14.6. The zero-order valence-corrected chi connectivity index (χ0v) is 16.1. The molecular weight excluding hydrogens is 367 g/mol. The topological polar surface area (TPSA) is 25.2 Å². The third-order valence-electron chi connectivity index (χ3n) is 5.14. The van der Waals surface area contributed by atoms with Crippen LogP contribution in [0.2, 0.25) is 10.0 Å². The van der Waals surface area contributed by atoms with E-state index in [0.717, 1.165) is 48.0 Å². The minimum atomic E-state index is 0.0875. The number of halogens is 2. The summed E-state index contributed by atoms with van der Waals surface area (Å²) < 4.78 is 1.99. The lowest BCUT2D eigenvalue weighted by atomic mass is 10.0. The van der Waals surface area contributed by atoms with E-state index in [1.54, 1.807) is 0 Å². The molecule has 0 aliphatic carbocycles. The number of hydrogen-bond donors (Lipinski definition) is 0. The summed E-state index contributed by atoms with van der Waals surface area (Å²) in [5.74, 6) is 0.0875. The molecule has 0 atom stereocenters. The molecule has 4 rings (SSSR count). The van der Waals surface area contributed by atoms with Crippen molar-refractivity contribution in [2.45, 2.75) is 19.3 Å². The summed E-state index contributed by atoms with van der Waals surface area (Å²) in [4.78, 5) is 15.4. The summed E-state index contributed by atoms with van der Waals surface area (Å²) in [6.07, 6.45) is 3.33. The van der Waals surface area contributed by atoms with Gasteiger partial charge in [-0.3, -0.25) is 4.79 Å². The Morgan fingerprint density at radius 3 is 2.27 bits per heavy atom. The average Bonchev–Trinajstić information content (AvgIpc) is 2.94. The first-order valence-electron chi connectivity index (χ1n) is 8.89. The molecule has 1 aliphatic rings. The molecule has 1 saturated heterocycles. The van der Waals surface area contributed by atoms with Gasteiger partial charge in [-0.25, -0.2) is 0 Å². The summed E-state index contributed by atoms with van der Waals surface area (Å²) in [7, 11) is 1.95. The summed E-state index contributed by atoms with van der Waals surface area (Å²) in [6.45, 7) is 1.64. The van der Waals surface area contributed by atoms with Gasteiger partial charge in [-0.2, -0.15) is 0 Å². The van der Waals surface area contributed by atoms with Crippen molar-refractivity contribution in [1.29, 1.82) is 0 Å². The van der Waals surface area contributed by atoms with E-state index >= 15 is 0 Å². The Kier molecular flexibility index (Phi) is 4.68. The van der Waals surface area contributed by atoms with E-state index in [0.29, 0.717) is 15.7 Å². The third-order valence-corrected chi connectivity index (χ3v) is 5.63. The van der Waals surface area contributed by atoms with E-state index in [4.69, 9.17) is 23.2 Å². The first-order valence-corrected chi connectivity index (χ1v) is 9.65. The largest absolute Gasteiger partial charge is 0.339 e. The van der Waals surface area contributed by atoms with Crippen molar-refractivity contribution in [2.24, 2.45) is 7.05 Å². The standard InChI is InChI=1S/C21H20Cl2N2O/c1-24-18-10-9-16(23)13-17(18)19(14-5-7-15(22)8-6-14)20(24)21(26)25-11-3-2-4-12-25/h5-10,13H,2-4,11-12H2,1H3. The van der Waals surface area contributed by atoms with Crippen LogP contribution in [0.15, 0.2) is 42.5 Å². The second-order valence-electron chi connectivity index (χ2n) is 6.80. The Bertz CT molecular complexity index is 970. The fourth-order valence-corrected chi connectivity index (χ4v) is 4.12. The number of aromatic nitrogens is 1. The Balaban J connectivity index is 1.95. The van der Waals surface area contributed by atoms with Crippen molar-refractivity contribution in [3.8, 4) is 11.1 Å². The molecule has 0 spiro atoms. The molecule has 0 N–H and O–H groups in total. The Morgan fingerprint density at radius 1 is 0.923 bits per heavy atom. The van der Waals surface area contributed by atoms with Crippen molar-refractivity contribution in [3.63, 3.8) is 0 Å². The summed E-state index contributed by atoms with van der Waals surface area (Å²) in [5, 5.41) is 2.33. The van der Waals surface area contributed by atoms with Gasteiger partial charge in [-0.15, -0.1) is 0 Å². The maximum Gasteiger partial charge on any atom is 0.271 e. The SMILES string of the molecule is Cn1c(C(=O)N2CCCCC2)c(-c2ccc(Cl)cc2)c2cc(Cl)ccc21. The monoisotopic (exact) mass is 386 g/mol. The number of nitrogens with zero attached hydrogens (tertiary/aromatic N) is 2. The van der Waals surface area contributed by atoms with Gasteiger partial charge in [0, 0.05) is 46.6 Å². The highest BCUT2D eigenvalue weighted by atomic mass is 35.5. The normalized spacial score (nSPS) is 14.8. The highest BCUT2D eigenvalue weighted by Crippen LogP contribution is 2.37. The van der Waals surface area contributed by atoms with Gasteiger partial charge in [0.15, 0.2) is 0 Å². The molecule has 3 aromatic rings. The number of benzene rings is 2. The van der Waals surface area contributed by atoms with Crippen molar-refractivity contribution in [2.75, 3.05) is 13.1 Å². The average molecular weight is 387 g/mol. The number of amides is 1. The first-order chi connectivity index (χ1) is 12.6. The van der Waals surface area contributed by atoms with Crippen molar-refractivity contribution in [1.82, 2.24) is 9.47 Å². The molecule has 2 heterocycles. The molecular formula is C21H20Cl2N2O. The van der Waals surface area contributed by atoms with Gasteiger partial charge in [0.25, 0.3) is 5.91 Å². The lowest BCUT2D eigenvalue weighted by Gasteiger charge is -2.27. The van der Waals surface area contributed by atoms with Gasteiger partial charge in [0.1, 0.15) is 5.69 Å². The molecule has 2 aromatic carbocycles. The van der Waals surface area contributed by atoms with E-state index in [1.165, 1.54) is 6.42 Å². The number of aryl methyl sites for hydroxylation is 1. The molecule has 1 amide bonds. The highest BCUT2D eigenvalue weighted by Gasteiger charge is 2.27. The van der Waals surface area contributed by atoms with E-state index in [-0.39, 0.29) is 5.91 Å². The number of rotatable bonds is 2. The van der Waals surface area contributed by atoms with Crippen LogP contribution in [0.5, 0.6) is 0 Å². The van der Waals surface area contributed by atoms with Crippen LogP contribution < -0.4 is 0 Å². The number of likely N-dealkylation sites (tertiary alicyclic amines) is 1. The molecule has 0 unspecified atom stereocenters. The van der Waals surface area contributed by atoms with Gasteiger partial charge in [0.2, 0.25) is 0 Å². The van der Waals surface area contributed by atoms with Crippen LogP contribution >= 0.6 is 23.2 Å². The second kappa shape index (κ2) is 6.98. The first kappa shape index (κ1) is 17.4. The molecule has 134 valence electrons. The molecule has 0 radical (unpaired) electrons. The summed E-state index contributed by atoms with van der Waals surface area (Å²) >= 11 is 12.3. The van der Waals surface area contributed by atoms with Gasteiger partial charge in [0.05, 0.1) is 0 Å². The van der Waals surface area contributed by atoms with E-state index in [1.807, 2.05) is 59.0 Å². The number of fused-ring (bicyclic) bond motifs is 1. The smallest absolute Gasteiger partial charge is 0.271 e. The van der Waals surface area contributed by atoms with Crippen LogP contribution in [0.25, 0.3) is 22.0 Å². The van der Waals surface area contributed by atoms with Crippen molar-refractivity contribution in [3.05, 3.63) is 58.2 Å². The number of piperidine rings is 1. The number of carbonyl (C=O) groups is 1. The van der Waals surface area contributed by atoms with Gasteiger partial charge in [-0.05, 0) is 55.2 Å².